The van der Waals surface area contributed by atoms with Crippen LogP contribution in [0.4, 0.5) is 5.82 Å². The highest BCUT2D eigenvalue weighted by atomic mass is 31.2. The maximum absolute atomic E-state index is 13.7. The van der Waals surface area contributed by atoms with Crippen LogP contribution in [0.25, 0.3) is 11.0 Å². The predicted molar refractivity (Wildman–Crippen MR) is 157 cm³/mol. The number of rotatable bonds is 8. The Morgan fingerprint density at radius 3 is 2.72 bits per heavy atom. The van der Waals surface area contributed by atoms with Gasteiger partial charge in [-0.25, -0.2) is 4.98 Å². The van der Waals surface area contributed by atoms with Crippen molar-refractivity contribution in [3.63, 3.8) is 0 Å². The van der Waals surface area contributed by atoms with Crippen LogP contribution in [-0.4, -0.2) is 55.6 Å². The van der Waals surface area contributed by atoms with Gasteiger partial charge in [0.05, 0.1) is 17.2 Å². The summed E-state index contributed by atoms with van der Waals surface area (Å²) in [7, 11) is -4.16. The summed E-state index contributed by atoms with van der Waals surface area (Å²) in [6.07, 6.45) is 14.0. The first-order chi connectivity index (χ1) is 18.7. The van der Waals surface area contributed by atoms with Crippen LogP contribution >= 0.6 is 7.60 Å². The number of aromatic nitrogens is 2. The highest BCUT2D eigenvalue weighted by Crippen LogP contribution is 2.41. The number of allylic oxidation sites excluding steroid dienone is 2. The molecular weight excluding hydrogens is 511 g/mol. The van der Waals surface area contributed by atoms with E-state index < -0.39 is 7.60 Å². The molecule has 8 nitrogen and oxygen atoms in total. The normalized spacial score (nSPS) is 28.5. The third-order valence-electron chi connectivity index (χ3n) is 9.41. The maximum atomic E-state index is 13.7. The summed E-state index contributed by atoms with van der Waals surface area (Å²) in [6, 6.07) is 8.86. The molecule has 2 aliphatic carbocycles. The van der Waals surface area contributed by atoms with E-state index in [1.54, 1.807) is 5.57 Å². The first kappa shape index (κ1) is 28.5. The summed E-state index contributed by atoms with van der Waals surface area (Å²) in [5, 5.41) is 2.92. The SMILES string of the molecule is CCC[C@@H]1C[C@H](n2c(=O)c(NCCP(=O)(O)O)nc3ccccc32)CCN1[C@H]1CCC[C@@H]2C[C@@H](CC=C2C)C1. The fourth-order valence-corrected chi connectivity index (χ4v) is 7.88. The highest BCUT2D eigenvalue weighted by molar-refractivity contribution is 7.51. The molecule has 0 unspecified atom stereocenters. The van der Waals surface area contributed by atoms with Gasteiger partial charge in [0.1, 0.15) is 0 Å². The molecule has 2 bridgehead atoms. The maximum Gasteiger partial charge on any atom is 0.327 e. The number of hydrogen-bond acceptors (Lipinski definition) is 5. The Bertz CT molecular complexity index is 1290. The van der Waals surface area contributed by atoms with E-state index in [2.05, 4.69) is 35.1 Å². The van der Waals surface area contributed by atoms with E-state index >= 15 is 0 Å². The number of hydrogen-bond donors (Lipinski definition) is 3. The molecule has 0 amide bonds. The number of para-hydroxylation sites is 2. The number of fused-ring (bicyclic) bond motifs is 3. The molecule has 5 atom stereocenters. The van der Waals surface area contributed by atoms with E-state index in [0.29, 0.717) is 12.1 Å². The Hall–Kier alpha value is -1.99. The fraction of sp³-hybridized carbons (Fsp3) is 0.667. The van der Waals surface area contributed by atoms with Gasteiger partial charge in [-0.3, -0.25) is 14.3 Å². The van der Waals surface area contributed by atoms with Crippen molar-refractivity contribution < 1.29 is 14.4 Å². The van der Waals surface area contributed by atoms with Crippen LogP contribution < -0.4 is 10.9 Å². The van der Waals surface area contributed by atoms with Crippen molar-refractivity contribution in [2.45, 2.75) is 96.2 Å². The van der Waals surface area contributed by atoms with Crippen molar-refractivity contribution in [2.75, 3.05) is 24.6 Å². The molecule has 214 valence electrons. The summed E-state index contributed by atoms with van der Waals surface area (Å²) in [5.74, 6) is 1.75. The molecule has 1 aromatic heterocycles. The van der Waals surface area contributed by atoms with Crippen LogP contribution in [0.15, 0.2) is 40.7 Å². The largest absolute Gasteiger partial charge is 0.365 e. The number of anilines is 1. The quantitative estimate of drug-likeness (QED) is 0.283. The van der Waals surface area contributed by atoms with E-state index in [1.807, 2.05) is 28.8 Å². The minimum absolute atomic E-state index is 0.000178. The van der Waals surface area contributed by atoms with E-state index in [4.69, 9.17) is 0 Å². The van der Waals surface area contributed by atoms with Crippen LogP contribution in [-0.2, 0) is 4.57 Å². The summed E-state index contributed by atoms with van der Waals surface area (Å²) in [5.41, 5.74) is 2.97. The fourth-order valence-electron chi connectivity index (χ4n) is 7.48. The van der Waals surface area contributed by atoms with Crippen LogP contribution in [0.5, 0.6) is 0 Å². The summed E-state index contributed by atoms with van der Waals surface area (Å²) < 4.78 is 13.3. The van der Waals surface area contributed by atoms with Crippen molar-refractivity contribution in [3.8, 4) is 0 Å². The second-order valence-corrected chi connectivity index (χ2v) is 13.9. The first-order valence-corrected chi connectivity index (χ1v) is 16.8. The van der Waals surface area contributed by atoms with Gasteiger partial charge in [0, 0.05) is 31.2 Å². The molecule has 5 rings (SSSR count). The average molecular weight is 557 g/mol. The molecule has 0 radical (unpaired) electrons. The average Bonchev–Trinajstić information content (AvgIpc) is 2.88. The number of benzene rings is 1. The molecule has 1 aromatic carbocycles. The van der Waals surface area contributed by atoms with Crippen molar-refractivity contribution in [3.05, 3.63) is 46.3 Å². The van der Waals surface area contributed by atoms with Crippen LogP contribution in [0.1, 0.15) is 84.1 Å². The van der Waals surface area contributed by atoms with Crippen molar-refractivity contribution in [1.29, 1.82) is 0 Å². The van der Waals surface area contributed by atoms with Gasteiger partial charge in [-0.1, -0.05) is 43.5 Å². The predicted octanol–water partition coefficient (Wildman–Crippen LogP) is 5.71. The highest BCUT2D eigenvalue weighted by Gasteiger charge is 2.37. The molecule has 2 heterocycles. The minimum atomic E-state index is -4.16. The zero-order chi connectivity index (χ0) is 27.6. The summed E-state index contributed by atoms with van der Waals surface area (Å²) >= 11 is 0. The van der Waals surface area contributed by atoms with Gasteiger partial charge in [0.15, 0.2) is 5.82 Å². The molecule has 2 aromatic rings. The van der Waals surface area contributed by atoms with Gasteiger partial charge in [0.2, 0.25) is 0 Å². The summed E-state index contributed by atoms with van der Waals surface area (Å²) in [4.78, 5) is 39.6. The minimum Gasteiger partial charge on any atom is -0.365 e. The van der Waals surface area contributed by atoms with Gasteiger partial charge in [-0.05, 0) is 82.3 Å². The lowest BCUT2D eigenvalue weighted by atomic mass is 9.73. The Kier molecular flexibility index (Phi) is 8.97. The lowest BCUT2D eigenvalue weighted by Gasteiger charge is -2.47. The van der Waals surface area contributed by atoms with E-state index in [1.165, 1.54) is 38.5 Å². The molecule has 1 aliphatic heterocycles. The standard InChI is InChI=1S/C30H45N4O4P/c1-3-7-24-20-26(14-16-33(24)25-9-6-8-23-18-22(19-25)13-12-21(23)2)34-28-11-5-4-10-27(28)32-29(30(34)35)31-15-17-39(36,37)38/h4-5,10-12,22-26H,3,6-9,13-20H2,1-2H3,(H,31,32)(H2,36,37,38)/t22-,23-,24-,25+,26-/m1/s1. The van der Waals surface area contributed by atoms with Crippen LogP contribution in [0.2, 0.25) is 0 Å². The number of nitrogens with zero attached hydrogens (tertiary/aromatic N) is 3. The van der Waals surface area contributed by atoms with E-state index in [-0.39, 0.29) is 30.1 Å². The Labute approximate surface area is 232 Å². The van der Waals surface area contributed by atoms with Gasteiger partial charge in [0.25, 0.3) is 5.56 Å². The number of likely N-dealkylation sites (tertiary alicyclic amines) is 1. The molecule has 0 spiro atoms. The van der Waals surface area contributed by atoms with Gasteiger partial charge in [-0.15, -0.1) is 0 Å². The van der Waals surface area contributed by atoms with Gasteiger partial charge in [-0.2, -0.15) is 0 Å². The van der Waals surface area contributed by atoms with Crippen LogP contribution in [0.3, 0.4) is 0 Å². The Balaban J connectivity index is 1.39. The number of nitrogens with one attached hydrogen (secondary N) is 1. The second kappa shape index (κ2) is 12.3. The summed E-state index contributed by atoms with van der Waals surface area (Å²) in [6.45, 7) is 5.58. The lowest BCUT2D eigenvalue weighted by molar-refractivity contribution is 0.0411. The lowest BCUT2D eigenvalue weighted by Crippen LogP contribution is -2.50. The smallest absolute Gasteiger partial charge is 0.327 e. The molecule has 2 fully saturated rings. The van der Waals surface area contributed by atoms with Gasteiger partial charge < -0.3 is 19.7 Å². The number of piperidine rings is 1. The topological polar surface area (TPSA) is 108 Å². The molecule has 9 heteroatoms. The molecule has 3 N–H and O–H groups in total. The zero-order valence-electron chi connectivity index (χ0n) is 23.5. The Morgan fingerprint density at radius 2 is 1.92 bits per heavy atom. The zero-order valence-corrected chi connectivity index (χ0v) is 24.4. The van der Waals surface area contributed by atoms with Crippen LogP contribution in [0, 0.1) is 11.8 Å². The van der Waals surface area contributed by atoms with E-state index in [9.17, 15) is 19.1 Å². The third kappa shape index (κ3) is 6.67. The monoisotopic (exact) mass is 556 g/mol. The molecule has 1 saturated heterocycles. The third-order valence-corrected chi connectivity index (χ3v) is 10.2. The van der Waals surface area contributed by atoms with E-state index in [0.717, 1.165) is 55.1 Å². The van der Waals surface area contributed by atoms with Crippen molar-refractivity contribution in [1.82, 2.24) is 14.5 Å². The molecule has 1 saturated carbocycles. The van der Waals surface area contributed by atoms with Gasteiger partial charge >= 0.3 is 7.60 Å². The first-order valence-electron chi connectivity index (χ1n) is 15.0. The van der Waals surface area contributed by atoms with Crippen molar-refractivity contribution >= 4 is 24.4 Å². The molecule has 3 aliphatic rings. The van der Waals surface area contributed by atoms with Crippen molar-refractivity contribution in [2.24, 2.45) is 11.8 Å². The molecular formula is C30H45N4O4P. The Morgan fingerprint density at radius 1 is 1.10 bits per heavy atom. The molecule has 39 heavy (non-hydrogen) atoms. The second-order valence-electron chi connectivity index (χ2n) is 12.1.